The molecule has 0 saturated carbocycles. The molecule has 3 rings (SSSR count). The molecule has 1 aromatic heterocycles. The second-order valence-corrected chi connectivity index (χ2v) is 4.53. The Hall–Kier alpha value is -3.15. The fourth-order valence-electron chi connectivity index (χ4n) is 1.95. The van der Waals surface area contributed by atoms with Crippen LogP contribution in [0, 0.1) is 0 Å². The van der Waals surface area contributed by atoms with Gasteiger partial charge in [0.05, 0.1) is 5.56 Å². The minimum absolute atomic E-state index is 0.0840. The van der Waals surface area contributed by atoms with Crippen LogP contribution in [-0.2, 0) is 6.61 Å². The normalized spacial score (nSPS) is 10.4. The molecule has 0 aliphatic rings. The lowest BCUT2D eigenvalue weighted by Gasteiger charge is -2.06. The van der Waals surface area contributed by atoms with Gasteiger partial charge in [0.1, 0.15) is 5.75 Å². The number of ether oxygens (including phenoxy) is 1. The number of hydrogen-bond acceptors (Lipinski definition) is 5. The van der Waals surface area contributed by atoms with Crippen molar-refractivity contribution < 1.29 is 14.1 Å². The number of rotatable bonds is 5. The SMILES string of the molecule is NC(=O)c1ccccc1OCc1noc(-c2ccccc2)n1. The summed E-state index contributed by atoms with van der Waals surface area (Å²) in [4.78, 5) is 15.6. The first-order valence-electron chi connectivity index (χ1n) is 6.63. The van der Waals surface area contributed by atoms with Crippen LogP contribution < -0.4 is 10.5 Å². The van der Waals surface area contributed by atoms with E-state index < -0.39 is 5.91 Å². The van der Waals surface area contributed by atoms with Crippen LogP contribution in [-0.4, -0.2) is 16.0 Å². The highest BCUT2D eigenvalue weighted by molar-refractivity contribution is 5.95. The Morgan fingerprint density at radius 2 is 1.82 bits per heavy atom. The second kappa shape index (κ2) is 6.09. The van der Waals surface area contributed by atoms with Crippen molar-refractivity contribution in [1.82, 2.24) is 10.1 Å². The van der Waals surface area contributed by atoms with Crippen molar-refractivity contribution in [3.05, 3.63) is 66.0 Å². The molecule has 1 heterocycles. The fraction of sp³-hybridized carbons (Fsp3) is 0.0625. The van der Waals surface area contributed by atoms with Gasteiger partial charge in [-0.15, -0.1) is 0 Å². The van der Waals surface area contributed by atoms with Crippen LogP contribution >= 0.6 is 0 Å². The highest BCUT2D eigenvalue weighted by Gasteiger charge is 2.12. The summed E-state index contributed by atoms with van der Waals surface area (Å²) in [5, 5.41) is 3.85. The second-order valence-electron chi connectivity index (χ2n) is 4.53. The van der Waals surface area contributed by atoms with E-state index in [9.17, 15) is 4.79 Å². The molecule has 110 valence electrons. The van der Waals surface area contributed by atoms with Crippen molar-refractivity contribution in [3.8, 4) is 17.2 Å². The molecule has 0 radical (unpaired) electrons. The van der Waals surface area contributed by atoms with Crippen LogP contribution in [0.4, 0.5) is 0 Å². The molecule has 3 aromatic rings. The largest absolute Gasteiger partial charge is 0.485 e. The Morgan fingerprint density at radius 1 is 1.09 bits per heavy atom. The van der Waals surface area contributed by atoms with E-state index in [4.69, 9.17) is 15.0 Å². The van der Waals surface area contributed by atoms with Crippen LogP contribution in [0.15, 0.2) is 59.1 Å². The van der Waals surface area contributed by atoms with E-state index >= 15 is 0 Å². The zero-order valence-electron chi connectivity index (χ0n) is 11.6. The first-order valence-corrected chi connectivity index (χ1v) is 6.63. The van der Waals surface area contributed by atoms with E-state index in [0.29, 0.717) is 23.0 Å². The zero-order chi connectivity index (χ0) is 15.4. The van der Waals surface area contributed by atoms with Gasteiger partial charge in [0, 0.05) is 5.56 Å². The third kappa shape index (κ3) is 2.95. The van der Waals surface area contributed by atoms with Gasteiger partial charge in [-0.25, -0.2) is 0 Å². The quantitative estimate of drug-likeness (QED) is 0.780. The summed E-state index contributed by atoms with van der Waals surface area (Å²) in [7, 11) is 0. The van der Waals surface area contributed by atoms with Crippen molar-refractivity contribution in [3.63, 3.8) is 0 Å². The molecule has 2 aromatic carbocycles. The Kier molecular flexibility index (Phi) is 3.82. The minimum Gasteiger partial charge on any atom is -0.485 e. The molecule has 0 fully saturated rings. The van der Waals surface area contributed by atoms with E-state index in [0.717, 1.165) is 5.56 Å². The number of carbonyl (C=O) groups is 1. The van der Waals surface area contributed by atoms with Gasteiger partial charge < -0.3 is 15.0 Å². The molecule has 1 amide bonds. The molecule has 0 aliphatic carbocycles. The van der Waals surface area contributed by atoms with Gasteiger partial charge in [-0.3, -0.25) is 4.79 Å². The Balaban J connectivity index is 1.73. The molecule has 6 nitrogen and oxygen atoms in total. The number of para-hydroxylation sites is 1. The third-order valence-electron chi connectivity index (χ3n) is 3.00. The lowest BCUT2D eigenvalue weighted by molar-refractivity contribution is 0.0995. The lowest BCUT2D eigenvalue weighted by atomic mass is 10.2. The summed E-state index contributed by atoms with van der Waals surface area (Å²) in [5.41, 5.74) is 6.44. The predicted octanol–water partition coefficient (Wildman–Crippen LogP) is 2.41. The summed E-state index contributed by atoms with van der Waals surface area (Å²) < 4.78 is 10.7. The molecule has 0 unspecified atom stereocenters. The van der Waals surface area contributed by atoms with Crippen LogP contribution in [0.2, 0.25) is 0 Å². The molecule has 0 atom stereocenters. The van der Waals surface area contributed by atoms with Gasteiger partial charge in [-0.2, -0.15) is 4.98 Å². The van der Waals surface area contributed by atoms with Crippen molar-refractivity contribution in [1.29, 1.82) is 0 Å². The number of hydrogen-bond donors (Lipinski definition) is 1. The van der Waals surface area contributed by atoms with E-state index in [-0.39, 0.29) is 6.61 Å². The third-order valence-corrected chi connectivity index (χ3v) is 3.00. The van der Waals surface area contributed by atoms with E-state index in [1.54, 1.807) is 24.3 Å². The number of amides is 1. The topological polar surface area (TPSA) is 91.2 Å². The summed E-state index contributed by atoms with van der Waals surface area (Å²) >= 11 is 0. The van der Waals surface area contributed by atoms with Gasteiger partial charge in [-0.1, -0.05) is 35.5 Å². The van der Waals surface area contributed by atoms with E-state index in [1.165, 1.54) is 0 Å². The first-order chi connectivity index (χ1) is 10.7. The highest BCUT2D eigenvalue weighted by atomic mass is 16.5. The van der Waals surface area contributed by atoms with Gasteiger partial charge in [0.15, 0.2) is 6.61 Å². The van der Waals surface area contributed by atoms with Crippen LogP contribution in [0.25, 0.3) is 11.5 Å². The molecule has 0 bridgehead atoms. The van der Waals surface area contributed by atoms with Gasteiger partial charge in [-0.05, 0) is 24.3 Å². The van der Waals surface area contributed by atoms with Gasteiger partial charge in [0.25, 0.3) is 11.8 Å². The van der Waals surface area contributed by atoms with Gasteiger partial charge >= 0.3 is 0 Å². The van der Waals surface area contributed by atoms with Crippen LogP contribution in [0.5, 0.6) is 5.75 Å². The fourth-order valence-corrected chi connectivity index (χ4v) is 1.95. The van der Waals surface area contributed by atoms with Crippen molar-refractivity contribution in [2.75, 3.05) is 0 Å². The molecule has 22 heavy (non-hydrogen) atoms. The van der Waals surface area contributed by atoms with Crippen LogP contribution in [0.3, 0.4) is 0 Å². The first kappa shape index (κ1) is 13.8. The van der Waals surface area contributed by atoms with E-state index in [1.807, 2.05) is 30.3 Å². The summed E-state index contributed by atoms with van der Waals surface area (Å²) in [6.45, 7) is 0.0840. The highest BCUT2D eigenvalue weighted by Crippen LogP contribution is 2.20. The number of carbonyl (C=O) groups excluding carboxylic acids is 1. The Labute approximate surface area is 126 Å². The number of nitrogens with zero attached hydrogens (tertiary/aromatic N) is 2. The number of aromatic nitrogens is 2. The minimum atomic E-state index is -0.548. The van der Waals surface area contributed by atoms with Gasteiger partial charge in [0.2, 0.25) is 5.82 Å². The maximum atomic E-state index is 11.3. The number of nitrogens with two attached hydrogens (primary N) is 1. The maximum absolute atomic E-state index is 11.3. The van der Waals surface area contributed by atoms with Crippen molar-refractivity contribution >= 4 is 5.91 Å². The summed E-state index contributed by atoms with van der Waals surface area (Å²) in [6, 6.07) is 16.2. The predicted molar refractivity (Wildman–Crippen MR) is 79.0 cm³/mol. The molecular formula is C16H13N3O3. The molecular weight excluding hydrogens is 282 g/mol. The zero-order valence-corrected chi connectivity index (χ0v) is 11.6. The number of primary amides is 1. The standard InChI is InChI=1S/C16H13N3O3/c17-15(20)12-8-4-5-9-13(12)21-10-14-18-16(22-19-14)11-6-2-1-3-7-11/h1-9H,10H2,(H2,17,20). The molecule has 2 N–H and O–H groups in total. The van der Waals surface area contributed by atoms with E-state index in [2.05, 4.69) is 10.1 Å². The van der Waals surface area contributed by atoms with Crippen LogP contribution in [0.1, 0.15) is 16.2 Å². The molecule has 0 saturated heterocycles. The Morgan fingerprint density at radius 3 is 2.59 bits per heavy atom. The monoisotopic (exact) mass is 295 g/mol. The average molecular weight is 295 g/mol. The summed E-state index contributed by atoms with van der Waals surface area (Å²) in [5.74, 6) is 0.648. The average Bonchev–Trinajstić information content (AvgIpc) is 3.03. The summed E-state index contributed by atoms with van der Waals surface area (Å²) in [6.07, 6.45) is 0. The lowest BCUT2D eigenvalue weighted by Crippen LogP contribution is -2.13. The smallest absolute Gasteiger partial charge is 0.258 e. The Bertz CT molecular complexity index is 784. The molecule has 0 aliphatic heterocycles. The molecule has 0 spiro atoms. The maximum Gasteiger partial charge on any atom is 0.258 e. The van der Waals surface area contributed by atoms with Crippen molar-refractivity contribution in [2.24, 2.45) is 5.73 Å². The molecule has 6 heteroatoms. The number of benzene rings is 2. The van der Waals surface area contributed by atoms with Crippen molar-refractivity contribution in [2.45, 2.75) is 6.61 Å².